The van der Waals surface area contributed by atoms with Gasteiger partial charge in [-0.25, -0.2) is 0 Å². The number of rotatable bonds is 4. The van der Waals surface area contributed by atoms with Gasteiger partial charge in [-0.15, -0.1) is 0 Å². The molecule has 0 radical (unpaired) electrons. The number of aromatic nitrogens is 1. The number of hydrogen-bond donors (Lipinski definition) is 1. The molecule has 0 bridgehead atoms. The van der Waals surface area contributed by atoms with Gasteiger partial charge in [0.25, 0.3) is 0 Å². The van der Waals surface area contributed by atoms with Gasteiger partial charge in [-0.3, -0.25) is 4.98 Å². The van der Waals surface area contributed by atoms with Crippen molar-refractivity contribution >= 4 is 15.9 Å². The van der Waals surface area contributed by atoms with Crippen molar-refractivity contribution in [2.24, 2.45) is 0 Å². The van der Waals surface area contributed by atoms with E-state index in [4.69, 9.17) is 0 Å². The van der Waals surface area contributed by atoms with Crippen molar-refractivity contribution in [1.82, 2.24) is 10.3 Å². The second-order valence-corrected chi connectivity index (χ2v) is 5.26. The number of pyridine rings is 1. The molecule has 1 unspecified atom stereocenters. The van der Waals surface area contributed by atoms with E-state index >= 15 is 0 Å². The van der Waals surface area contributed by atoms with E-state index in [1.807, 2.05) is 19.4 Å². The molecule has 0 aliphatic carbocycles. The second-order valence-electron chi connectivity index (χ2n) is 4.41. The molecular formula is C15H17BrN2. The van der Waals surface area contributed by atoms with Crippen molar-refractivity contribution in [3.63, 3.8) is 0 Å². The molecular weight excluding hydrogens is 288 g/mol. The third-order valence-corrected chi connectivity index (χ3v) is 4.01. The van der Waals surface area contributed by atoms with Crippen LogP contribution in [0.25, 0.3) is 0 Å². The summed E-state index contributed by atoms with van der Waals surface area (Å²) >= 11 is 3.54. The first-order chi connectivity index (χ1) is 8.70. The monoisotopic (exact) mass is 304 g/mol. The van der Waals surface area contributed by atoms with E-state index in [0.29, 0.717) is 6.04 Å². The van der Waals surface area contributed by atoms with Gasteiger partial charge in [0.2, 0.25) is 0 Å². The minimum atomic E-state index is 0.333. The molecule has 1 aromatic carbocycles. The van der Waals surface area contributed by atoms with Gasteiger partial charge in [0.15, 0.2) is 0 Å². The average Bonchev–Trinajstić information content (AvgIpc) is 2.40. The van der Waals surface area contributed by atoms with Crippen molar-refractivity contribution in [1.29, 1.82) is 0 Å². The Bertz CT molecular complexity index is 511. The van der Waals surface area contributed by atoms with Crippen LogP contribution in [0.5, 0.6) is 0 Å². The Morgan fingerprint density at radius 1 is 1.22 bits per heavy atom. The van der Waals surface area contributed by atoms with Crippen molar-refractivity contribution in [2.75, 3.05) is 7.05 Å². The highest BCUT2D eigenvalue weighted by Gasteiger charge is 2.10. The number of nitrogens with zero attached hydrogens (tertiary/aromatic N) is 1. The van der Waals surface area contributed by atoms with Gasteiger partial charge in [0, 0.05) is 22.9 Å². The minimum absolute atomic E-state index is 0.333. The maximum absolute atomic E-state index is 4.05. The lowest BCUT2D eigenvalue weighted by Crippen LogP contribution is -2.19. The topological polar surface area (TPSA) is 24.9 Å². The van der Waals surface area contributed by atoms with Crippen LogP contribution in [0.2, 0.25) is 0 Å². The van der Waals surface area contributed by atoms with E-state index in [-0.39, 0.29) is 0 Å². The third kappa shape index (κ3) is 3.18. The van der Waals surface area contributed by atoms with Gasteiger partial charge in [-0.05, 0) is 55.3 Å². The van der Waals surface area contributed by atoms with Gasteiger partial charge < -0.3 is 5.32 Å². The molecule has 0 saturated carbocycles. The summed E-state index contributed by atoms with van der Waals surface area (Å²) in [5.74, 6) is 0. The largest absolute Gasteiger partial charge is 0.313 e. The average molecular weight is 305 g/mol. The van der Waals surface area contributed by atoms with Crippen molar-refractivity contribution < 1.29 is 0 Å². The van der Waals surface area contributed by atoms with Gasteiger partial charge >= 0.3 is 0 Å². The van der Waals surface area contributed by atoms with Gasteiger partial charge in [-0.2, -0.15) is 0 Å². The normalized spacial score (nSPS) is 12.4. The fraction of sp³-hybridized carbons (Fsp3) is 0.267. The molecule has 2 rings (SSSR count). The quantitative estimate of drug-likeness (QED) is 0.932. The standard InChI is InChI=1S/C15H17BrN2/c1-11-9-13(3-4-14(11)16)15(17-2)10-12-5-7-18-8-6-12/h3-9,15,17H,10H2,1-2H3. The zero-order valence-corrected chi connectivity index (χ0v) is 12.2. The Morgan fingerprint density at radius 3 is 2.56 bits per heavy atom. The van der Waals surface area contributed by atoms with Crippen LogP contribution in [-0.4, -0.2) is 12.0 Å². The lowest BCUT2D eigenvalue weighted by Gasteiger charge is -2.17. The predicted molar refractivity (Wildman–Crippen MR) is 78.6 cm³/mol. The Balaban J connectivity index is 2.20. The lowest BCUT2D eigenvalue weighted by atomic mass is 9.98. The summed E-state index contributed by atoms with van der Waals surface area (Å²) < 4.78 is 1.16. The molecule has 94 valence electrons. The van der Waals surface area contributed by atoms with Crippen LogP contribution in [0.4, 0.5) is 0 Å². The highest BCUT2D eigenvalue weighted by Crippen LogP contribution is 2.23. The van der Waals surface area contributed by atoms with E-state index in [0.717, 1.165) is 10.9 Å². The second kappa shape index (κ2) is 6.12. The summed E-state index contributed by atoms with van der Waals surface area (Å²) in [5, 5.41) is 3.38. The number of likely N-dealkylation sites (N-methyl/N-ethyl adjacent to an activating group) is 1. The lowest BCUT2D eigenvalue weighted by molar-refractivity contribution is 0.591. The number of aryl methyl sites for hydroxylation is 1. The van der Waals surface area contributed by atoms with Crippen LogP contribution < -0.4 is 5.32 Å². The highest BCUT2D eigenvalue weighted by atomic mass is 79.9. The molecule has 1 atom stereocenters. The van der Waals surface area contributed by atoms with Crippen LogP contribution in [0.3, 0.4) is 0 Å². The first-order valence-corrected chi connectivity index (χ1v) is 6.82. The molecule has 18 heavy (non-hydrogen) atoms. The van der Waals surface area contributed by atoms with Crippen LogP contribution in [0, 0.1) is 6.92 Å². The van der Waals surface area contributed by atoms with E-state index in [1.165, 1.54) is 16.7 Å². The maximum atomic E-state index is 4.05. The molecule has 0 amide bonds. The third-order valence-electron chi connectivity index (χ3n) is 3.12. The molecule has 0 aliphatic rings. The van der Waals surface area contributed by atoms with Crippen molar-refractivity contribution in [2.45, 2.75) is 19.4 Å². The summed E-state index contributed by atoms with van der Waals surface area (Å²) in [6.45, 7) is 2.12. The van der Waals surface area contributed by atoms with E-state index in [2.05, 4.69) is 63.5 Å². The summed E-state index contributed by atoms with van der Waals surface area (Å²) in [6, 6.07) is 11.0. The zero-order chi connectivity index (χ0) is 13.0. The molecule has 0 spiro atoms. The Hall–Kier alpha value is -1.19. The summed E-state index contributed by atoms with van der Waals surface area (Å²) in [7, 11) is 2.00. The molecule has 3 heteroatoms. The molecule has 2 nitrogen and oxygen atoms in total. The molecule has 1 N–H and O–H groups in total. The molecule has 2 aromatic rings. The van der Waals surface area contributed by atoms with Crippen molar-refractivity contribution in [3.05, 3.63) is 63.9 Å². The van der Waals surface area contributed by atoms with E-state index in [9.17, 15) is 0 Å². The predicted octanol–water partition coefficient (Wildman–Crippen LogP) is 3.66. The Labute approximate surface area is 117 Å². The maximum Gasteiger partial charge on any atom is 0.0358 e. The summed E-state index contributed by atoms with van der Waals surface area (Å²) in [4.78, 5) is 4.05. The van der Waals surface area contributed by atoms with Crippen molar-refractivity contribution in [3.8, 4) is 0 Å². The molecule has 0 fully saturated rings. The Kier molecular flexibility index (Phi) is 4.50. The number of halogens is 1. The summed E-state index contributed by atoms with van der Waals surface area (Å²) in [6.07, 6.45) is 4.66. The first-order valence-electron chi connectivity index (χ1n) is 6.03. The molecule has 0 saturated heterocycles. The van der Waals surface area contributed by atoms with E-state index < -0.39 is 0 Å². The zero-order valence-electron chi connectivity index (χ0n) is 10.7. The SMILES string of the molecule is CNC(Cc1ccncc1)c1ccc(Br)c(C)c1. The fourth-order valence-electron chi connectivity index (χ4n) is 2.03. The molecule has 1 aromatic heterocycles. The smallest absolute Gasteiger partial charge is 0.0358 e. The van der Waals surface area contributed by atoms with E-state index in [1.54, 1.807) is 0 Å². The number of nitrogens with one attached hydrogen (secondary N) is 1. The van der Waals surface area contributed by atoms with Crippen LogP contribution in [0.1, 0.15) is 22.7 Å². The number of hydrogen-bond acceptors (Lipinski definition) is 2. The Morgan fingerprint density at radius 2 is 1.94 bits per heavy atom. The molecule has 1 heterocycles. The summed E-state index contributed by atoms with van der Waals surface area (Å²) in [5.41, 5.74) is 3.88. The van der Waals surface area contributed by atoms with Gasteiger partial charge in [0.05, 0.1) is 0 Å². The van der Waals surface area contributed by atoms with Crippen LogP contribution in [-0.2, 0) is 6.42 Å². The molecule has 0 aliphatic heterocycles. The minimum Gasteiger partial charge on any atom is -0.313 e. The fourth-order valence-corrected chi connectivity index (χ4v) is 2.27. The van der Waals surface area contributed by atoms with Crippen LogP contribution >= 0.6 is 15.9 Å². The number of benzene rings is 1. The van der Waals surface area contributed by atoms with Gasteiger partial charge in [-0.1, -0.05) is 28.1 Å². The van der Waals surface area contributed by atoms with Crippen LogP contribution in [0.15, 0.2) is 47.2 Å². The highest BCUT2D eigenvalue weighted by molar-refractivity contribution is 9.10. The first kappa shape index (κ1) is 13.2. The van der Waals surface area contributed by atoms with Gasteiger partial charge in [0.1, 0.15) is 0 Å².